The highest BCUT2D eigenvalue weighted by atomic mass is 19.4. The minimum Gasteiger partial charge on any atom is -0.376 e. The number of hydrogen-bond donors (Lipinski definition) is 3. The van der Waals surface area contributed by atoms with Gasteiger partial charge in [0.05, 0.1) is 12.1 Å². The van der Waals surface area contributed by atoms with Crippen LogP contribution in [0, 0.1) is 6.92 Å². The van der Waals surface area contributed by atoms with E-state index in [1.54, 1.807) is 25.1 Å². The van der Waals surface area contributed by atoms with Gasteiger partial charge < -0.3 is 16.0 Å². The van der Waals surface area contributed by atoms with Crippen LogP contribution in [0.4, 0.5) is 30.2 Å². The van der Waals surface area contributed by atoms with Crippen LogP contribution < -0.4 is 16.0 Å². The fraction of sp³-hybridized carbons (Fsp3) is 0.222. The molecule has 0 spiro atoms. The summed E-state index contributed by atoms with van der Waals surface area (Å²) in [5, 5.41) is 8.14. The molecule has 0 saturated heterocycles. The number of benzene rings is 2. The Balaban J connectivity index is 1.96. The van der Waals surface area contributed by atoms with Gasteiger partial charge in [0.1, 0.15) is 0 Å². The Labute approximate surface area is 148 Å². The predicted octanol–water partition coefficient (Wildman–Crippen LogP) is 4.02. The highest BCUT2D eigenvalue weighted by Crippen LogP contribution is 2.29. The summed E-state index contributed by atoms with van der Waals surface area (Å²) >= 11 is 0. The molecule has 26 heavy (non-hydrogen) atoms. The van der Waals surface area contributed by atoms with E-state index in [1.807, 2.05) is 0 Å². The van der Waals surface area contributed by atoms with Crippen LogP contribution in [0.5, 0.6) is 0 Å². The minimum absolute atomic E-state index is 0.0780. The molecule has 5 nitrogen and oxygen atoms in total. The molecule has 0 atom stereocenters. The summed E-state index contributed by atoms with van der Waals surface area (Å²) in [5.41, 5.74) is 1.56. The van der Waals surface area contributed by atoms with E-state index < -0.39 is 17.6 Å². The first-order valence-electron chi connectivity index (χ1n) is 7.75. The van der Waals surface area contributed by atoms with Gasteiger partial charge in [0.2, 0.25) is 11.8 Å². The van der Waals surface area contributed by atoms with E-state index in [1.165, 1.54) is 19.1 Å². The normalized spacial score (nSPS) is 11.0. The monoisotopic (exact) mass is 365 g/mol. The number of carbonyl (C=O) groups is 2. The van der Waals surface area contributed by atoms with Crippen LogP contribution in [-0.4, -0.2) is 18.4 Å². The summed E-state index contributed by atoms with van der Waals surface area (Å²) in [6.45, 7) is 3.11. The van der Waals surface area contributed by atoms with Gasteiger partial charge in [-0.25, -0.2) is 0 Å². The number of nitrogens with one attached hydrogen (secondary N) is 3. The van der Waals surface area contributed by atoms with Crippen LogP contribution in [0.15, 0.2) is 42.5 Å². The third-order valence-electron chi connectivity index (χ3n) is 3.58. The zero-order valence-electron chi connectivity index (χ0n) is 14.2. The van der Waals surface area contributed by atoms with Gasteiger partial charge in [0.25, 0.3) is 0 Å². The number of anilines is 3. The van der Waals surface area contributed by atoms with E-state index in [9.17, 15) is 22.8 Å². The quantitative estimate of drug-likeness (QED) is 0.749. The van der Waals surface area contributed by atoms with Crippen molar-refractivity contribution in [2.45, 2.75) is 20.0 Å². The van der Waals surface area contributed by atoms with Crippen molar-refractivity contribution >= 4 is 28.9 Å². The van der Waals surface area contributed by atoms with Crippen LogP contribution in [0.1, 0.15) is 18.1 Å². The molecule has 0 radical (unpaired) electrons. The fourth-order valence-corrected chi connectivity index (χ4v) is 2.28. The zero-order chi connectivity index (χ0) is 19.3. The third kappa shape index (κ3) is 5.23. The molecule has 0 aliphatic carbocycles. The van der Waals surface area contributed by atoms with Crippen molar-refractivity contribution in [1.82, 2.24) is 0 Å². The lowest BCUT2D eigenvalue weighted by Gasteiger charge is -2.14. The van der Waals surface area contributed by atoms with Gasteiger partial charge >= 0.3 is 6.18 Å². The number of carbonyl (C=O) groups excluding carboxylic acids is 2. The highest BCUT2D eigenvalue weighted by molar-refractivity contribution is 5.94. The molecular formula is C18H18F3N3O2. The number of alkyl halides is 3. The molecule has 0 saturated carbocycles. The number of amides is 2. The van der Waals surface area contributed by atoms with Crippen molar-refractivity contribution in [3.63, 3.8) is 0 Å². The molecule has 0 fully saturated rings. The molecule has 2 aromatic carbocycles. The first kappa shape index (κ1) is 19.3. The molecular weight excluding hydrogens is 347 g/mol. The van der Waals surface area contributed by atoms with Gasteiger partial charge in [-0.2, -0.15) is 13.2 Å². The van der Waals surface area contributed by atoms with Crippen LogP contribution in [0.3, 0.4) is 0 Å². The summed E-state index contributed by atoms with van der Waals surface area (Å²) < 4.78 is 37.5. The van der Waals surface area contributed by atoms with Gasteiger partial charge in [-0.3, -0.25) is 9.59 Å². The maximum Gasteiger partial charge on any atom is 0.416 e. The molecule has 2 aromatic rings. The predicted molar refractivity (Wildman–Crippen MR) is 94.0 cm³/mol. The Morgan fingerprint density at radius 3 is 2.15 bits per heavy atom. The lowest BCUT2D eigenvalue weighted by molar-refractivity contribution is -0.137. The second kappa shape index (κ2) is 7.90. The van der Waals surface area contributed by atoms with E-state index in [0.717, 1.165) is 17.7 Å². The van der Waals surface area contributed by atoms with Gasteiger partial charge in [-0.05, 0) is 48.9 Å². The average Bonchev–Trinajstić information content (AvgIpc) is 2.55. The molecule has 2 amide bonds. The van der Waals surface area contributed by atoms with E-state index in [4.69, 9.17) is 0 Å². The van der Waals surface area contributed by atoms with Crippen LogP contribution in [-0.2, 0) is 15.8 Å². The van der Waals surface area contributed by atoms with Crippen molar-refractivity contribution in [3.05, 3.63) is 53.6 Å². The Hall–Kier alpha value is -3.03. The van der Waals surface area contributed by atoms with E-state index in [2.05, 4.69) is 16.0 Å². The van der Waals surface area contributed by atoms with Gasteiger partial charge in [-0.1, -0.05) is 6.07 Å². The van der Waals surface area contributed by atoms with E-state index in [-0.39, 0.29) is 18.1 Å². The first-order valence-corrected chi connectivity index (χ1v) is 7.75. The molecule has 3 N–H and O–H groups in total. The zero-order valence-corrected chi connectivity index (χ0v) is 14.2. The van der Waals surface area contributed by atoms with Gasteiger partial charge in [0.15, 0.2) is 0 Å². The van der Waals surface area contributed by atoms with Crippen molar-refractivity contribution in [3.8, 4) is 0 Å². The van der Waals surface area contributed by atoms with Crippen LogP contribution >= 0.6 is 0 Å². The van der Waals surface area contributed by atoms with Crippen molar-refractivity contribution in [2.24, 2.45) is 0 Å². The SMILES string of the molecule is CC(=O)Nc1cccc(NCC(=O)Nc2ccc(C(F)(F)F)cc2)c1C. The summed E-state index contributed by atoms with van der Waals surface area (Å²) in [6, 6.07) is 9.44. The largest absolute Gasteiger partial charge is 0.416 e. The first-order chi connectivity index (χ1) is 12.2. The van der Waals surface area contributed by atoms with E-state index in [0.29, 0.717) is 11.4 Å². The molecule has 0 aliphatic heterocycles. The third-order valence-corrected chi connectivity index (χ3v) is 3.58. The number of halogens is 3. The van der Waals surface area contributed by atoms with Gasteiger partial charge in [0, 0.05) is 24.0 Å². The molecule has 2 rings (SSSR count). The van der Waals surface area contributed by atoms with Gasteiger partial charge in [-0.15, -0.1) is 0 Å². The Kier molecular flexibility index (Phi) is 5.86. The highest BCUT2D eigenvalue weighted by Gasteiger charge is 2.29. The second-order valence-corrected chi connectivity index (χ2v) is 5.64. The number of hydrogen-bond acceptors (Lipinski definition) is 3. The summed E-state index contributed by atoms with van der Waals surface area (Å²) in [6.07, 6.45) is -4.42. The average molecular weight is 365 g/mol. The molecule has 138 valence electrons. The Bertz CT molecular complexity index is 802. The molecule has 0 aromatic heterocycles. The topological polar surface area (TPSA) is 70.2 Å². The van der Waals surface area contributed by atoms with Crippen molar-refractivity contribution in [1.29, 1.82) is 0 Å². The molecule has 0 unspecified atom stereocenters. The molecule has 0 aliphatic rings. The molecule has 0 heterocycles. The van der Waals surface area contributed by atoms with Crippen molar-refractivity contribution in [2.75, 3.05) is 22.5 Å². The lowest BCUT2D eigenvalue weighted by Crippen LogP contribution is -2.22. The number of rotatable bonds is 5. The second-order valence-electron chi connectivity index (χ2n) is 5.64. The fourth-order valence-electron chi connectivity index (χ4n) is 2.28. The minimum atomic E-state index is -4.42. The Morgan fingerprint density at radius 1 is 0.962 bits per heavy atom. The smallest absolute Gasteiger partial charge is 0.376 e. The summed E-state index contributed by atoms with van der Waals surface area (Å²) in [5.74, 6) is -0.612. The maximum absolute atomic E-state index is 12.5. The Morgan fingerprint density at radius 2 is 1.58 bits per heavy atom. The standard InChI is InChI=1S/C18H18F3N3O2/c1-11-15(4-3-5-16(11)23-12(2)25)22-10-17(26)24-14-8-6-13(7-9-14)18(19,20)21/h3-9,22H,10H2,1-2H3,(H,23,25)(H,24,26). The van der Waals surface area contributed by atoms with Crippen molar-refractivity contribution < 1.29 is 22.8 Å². The summed E-state index contributed by atoms with van der Waals surface area (Å²) in [4.78, 5) is 23.1. The molecule has 0 bridgehead atoms. The summed E-state index contributed by atoms with van der Waals surface area (Å²) in [7, 11) is 0. The maximum atomic E-state index is 12.5. The molecule has 8 heteroatoms. The lowest BCUT2D eigenvalue weighted by atomic mass is 10.1. The van der Waals surface area contributed by atoms with Crippen LogP contribution in [0.25, 0.3) is 0 Å². The van der Waals surface area contributed by atoms with Crippen LogP contribution in [0.2, 0.25) is 0 Å². The van der Waals surface area contributed by atoms with E-state index >= 15 is 0 Å².